The van der Waals surface area contributed by atoms with Crippen LogP contribution >= 0.6 is 0 Å². The van der Waals surface area contributed by atoms with E-state index in [0.29, 0.717) is 31.6 Å². The molecule has 1 amide bonds. The summed E-state index contributed by atoms with van der Waals surface area (Å²) in [5.74, 6) is -0.00515. The van der Waals surface area contributed by atoms with Gasteiger partial charge in [0.05, 0.1) is 0 Å². The van der Waals surface area contributed by atoms with E-state index < -0.39 is 0 Å². The molecule has 1 N–H and O–H groups in total. The molecule has 3 aromatic rings. The molecule has 0 aliphatic carbocycles. The lowest BCUT2D eigenvalue weighted by Gasteiger charge is -2.30. The molecule has 3 heterocycles. The fourth-order valence-corrected chi connectivity index (χ4v) is 3.28. The van der Waals surface area contributed by atoms with Crippen LogP contribution in [0.2, 0.25) is 0 Å². The quantitative estimate of drug-likeness (QED) is 0.718. The maximum Gasteiger partial charge on any atom is 0.410 e. The minimum atomic E-state index is -0.339. The summed E-state index contributed by atoms with van der Waals surface area (Å²) in [5, 5.41) is 0.877. The van der Waals surface area contributed by atoms with Gasteiger partial charge in [0, 0.05) is 36.8 Å². The number of likely N-dealkylation sites (tertiary alicyclic amines) is 1. The summed E-state index contributed by atoms with van der Waals surface area (Å²) < 4.78 is 5.36. The van der Waals surface area contributed by atoms with E-state index in [4.69, 9.17) is 4.74 Å². The fraction of sp³-hybridized carbons (Fsp3) is 0.300. The maximum atomic E-state index is 12.7. The summed E-state index contributed by atoms with van der Waals surface area (Å²) in [5.41, 5.74) is 1.61. The minimum absolute atomic E-state index is 0.0659. The van der Waals surface area contributed by atoms with Gasteiger partial charge in [-0.1, -0.05) is 30.3 Å². The van der Waals surface area contributed by atoms with Gasteiger partial charge in [-0.05, 0) is 24.5 Å². The van der Waals surface area contributed by atoms with Crippen molar-refractivity contribution in [1.82, 2.24) is 19.9 Å². The number of H-pyrrole nitrogens is 1. The average Bonchev–Trinajstić information content (AvgIpc) is 3.20. The Morgan fingerprint density at radius 3 is 2.70 bits per heavy atom. The Labute approximate surface area is 156 Å². The summed E-state index contributed by atoms with van der Waals surface area (Å²) in [7, 11) is 0. The number of ketones is 1. The highest BCUT2D eigenvalue weighted by Gasteiger charge is 2.30. The van der Waals surface area contributed by atoms with Crippen molar-refractivity contribution >= 4 is 22.9 Å². The Morgan fingerprint density at radius 1 is 1.15 bits per heavy atom. The summed E-state index contributed by atoms with van der Waals surface area (Å²) in [6.07, 6.45) is 4.26. The van der Waals surface area contributed by atoms with Gasteiger partial charge in [-0.2, -0.15) is 0 Å². The zero-order chi connectivity index (χ0) is 18.6. The van der Waals surface area contributed by atoms with Crippen molar-refractivity contribution in [3.8, 4) is 0 Å². The third-order valence-electron chi connectivity index (χ3n) is 4.85. The largest absolute Gasteiger partial charge is 0.445 e. The standard InChI is InChI=1S/C20H20N4O3/c25-17(19-22-12-16-6-9-21-18(16)23-19)15-7-10-24(11-8-15)20(26)27-13-14-4-2-1-3-5-14/h1-6,9,12,15H,7-8,10-11,13H2,(H,21,22,23). The van der Waals surface area contributed by atoms with Crippen molar-refractivity contribution < 1.29 is 14.3 Å². The Balaban J connectivity index is 1.31. The lowest BCUT2D eigenvalue weighted by molar-refractivity contribution is 0.0707. The summed E-state index contributed by atoms with van der Waals surface area (Å²) in [6.45, 7) is 1.24. The summed E-state index contributed by atoms with van der Waals surface area (Å²) >= 11 is 0. The molecule has 1 aliphatic rings. The first-order chi connectivity index (χ1) is 13.2. The molecule has 27 heavy (non-hydrogen) atoms. The lowest BCUT2D eigenvalue weighted by atomic mass is 9.92. The van der Waals surface area contributed by atoms with Crippen LogP contribution in [-0.2, 0) is 11.3 Å². The second kappa shape index (κ2) is 7.57. The number of rotatable bonds is 4. The molecule has 2 aromatic heterocycles. The Morgan fingerprint density at radius 2 is 1.93 bits per heavy atom. The second-order valence-electron chi connectivity index (χ2n) is 6.64. The first-order valence-electron chi connectivity index (χ1n) is 9.00. The van der Waals surface area contributed by atoms with Gasteiger partial charge in [0.2, 0.25) is 5.78 Å². The summed E-state index contributed by atoms with van der Waals surface area (Å²) in [4.78, 5) is 38.0. The van der Waals surface area contributed by atoms with Crippen LogP contribution in [0.4, 0.5) is 4.79 Å². The molecule has 0 radical (unpaired) electrons. The predicted octanol–water partition coefficient (Wildman–Crippen LogP) is 3.19. The van der Waals surface area contributed by atoms with Crippen LogP contribution in [0.3, 0.4) is 0 Å². The van der Waals surface area contributed by atoms with Gasteiger partial charge in [-0.25, -0.2) is 14.8 Å². The van der Waals surface area contributed by atoms with E-state index in [9.17, 15) is 9.59 Å². The molecule has 1 saturated heterocycles. The molecule has 7 heteroatoms. The van der Waals surface area contributed by atoms with Crippen molar-refractivity contribution in [3.05, 3.63) is 60.2 Å². The van der Waals surface area contributed by atoms with Gasteiger partial charge in [-0.15, -0.1) is 0 Å². The number of hydrogen-bond donors (Lipinski definition) is 1. The Bertz CT molecular complexity index is 946. The van der Waals surface area contributed by atoms with Crippen molar-refractivity contribution in [3.63, 3.8) is 0 Å². The van der Waals surface area contributed by atoms with Gasteiger partial charge in [0.25, 0.3) is 0 Å². The number of Topliss-reactive ketones (excluding diaryl/α,β-unsaturated/α-hetero) is 1. The number of benzene rings is 1. The average molecular weight is 364 g/mol. The van der Waals surface area contributed by atoms with E-state index in [2.05, 4.69) is 15.0 Å². The van der Waals surface area contributed by atoms with E-state index in [1.54, 1.807) is 17.3 Å². The topological polar surface area (TPSA) is 88.2 Å². The van der Waals surface area contributed by atoms with Crippen molar-refractivity contribution in [2.75, 3.05) is 13.1 Å². The van der Waals surface area contributed by atoms with E-state index in [-0.39, 0.29) is 30.2 Å². The zero-order valence-corrected chi connectivity index (χ0v) is 14.8. The molecular formula is C20H20N4O3. The number of hydrogen-bond acceptors (Lipinski definition) is 5. The third-order valence-corrected chi connectivity index (χ3v) is 4.85. The number of nitrogens with zero attached hydrogens (tertiary/aromatic N) is 3. The molecule has 1 fully saturated rings. The van der Waals surface area contributed by atoms with Gasteiger partial charge in [0.15, 0.2) is 5.82 Å². The van der Waals surface area contributed by atoms with Crippen LogP contribution in [-0.4, -0.2) is 44.8 Å². The maximum absolute atomic E-state index is 12.7. The van der Waals surface area contributed by atoms with Gasteiger partial charge < -0.3 is 14.6 Å². The first-order valence-corrected chi connectivity index (χ1v) is 9.00. The number of ether oxygens (including phenoxy) is 1. The molecule has 7 nitrogen and oxygen atoms in total. The van der Waals surface area contributed by atoms with Crippen LogP contribution in [0.1, 0.15) is 29.0 Å². The van der Waals surface area contributed by atoms with Crippen LogP contribution in [0.15, 0.2) is 48.8 Å². The van der Waals surface area contributed by atoms with Crippen LogP contribution in [0, 0.1) is 5.92 Å². The van der Waals surface area contributed by atoms with E-state index in [0.717, 1.165) is 10.9 Å². The second-order valence-corrected chi connectivity index (χ2v) is 6.64. The van der Waals surface area contributed by atoms with Crippen molar-refractivity contribution in [1.29, 1.82) is 0 Å². The SMILES string of the molecule is O=C(c1ncc2cc[nH]c2n1)C1CCN(C(=O)OCc2ccccc2)CC1. The van der Waals surface area contributed by atoms with E-state index in [1.165, 1.54) is 0 Å². The fourth-order valence-electron chi connectivity index (χ4n) is 3.28. The Hall–Kier alpha value is -3.22. The van der Waals surface area contributed by atoms with E-state index in [1.807, 2.05) is 36.4 Å². The number of carbonyl (C=O) groups is 2. The van der Waals surface area contributed by atoms with E-state index >= 15 is 0 Å². The number of fused-ring (bicyclic) bond motifs is 1. The molecule has 0 saturated carbocycles. The van der Waals surface area contributed by atoms with Gasteiger partial charge in [0.1, 0.15) is 12.3 Å². The number of carbonyl (C=O) groups excluding carboxylic acids is 2. The number of nitrogens with one attached hydrogen (secondary N) is 1. The Kier molecular flexibility index (Phi) is 4.82. The minimum Gasteiger partial charge on any atom is -0.445 e. The normalized spacial score (nSPS) is 15.0. The van der Waals surface area contributed by atoms with Crippen LogP contribution < -0.4 is 0 Å². The van der Waals surface area contributed by atoms with Gasteiger partial charge >= 0.3 is 6.09 Å². The number of aromatic amines is 1. The molecule has 0 spiro atoms. The molecule has 138 valence electrons. The van der Waals surface area contributed by atoms with Crippen molar-refractivity contribution in [2.24, 2.45) is 5.92 Å². The summed E-state index contributed by atoms with van der Waals surface area (Å²) in [6, 6.07) is 11.4. The van der Waals surface area contributed by atoms with Crippen LogP contribution in [0.25, 0.3) is 11.0 Å². The number of amides is 1. The smallest absolute Gasteiger partial charge is 0.410 e. The highest BCUT2D eigenvalue weighted by molar-refractivity contribution is 5.95. The molecular weight excluding hydrogens is 344 g/mol. The molecule has 4 rings (SSSR count). The third kappa shape index (κ3) is 3.81. The lowest BCUT2D eigenvalue weighted by Crippen LogP contribution is -2.40. The molecule has 0 bridgehead atoms. The van der Waals surface area contributed by atoms with Crippen LogP contribution in [0.5, 0.6) is 0 Å². The first kappa shape index (κ1) is 17.2. The zero-order valence-electron chi connectivity index (χ0n) is 14.8. The monoisotopic (exact) mass is 364 g/mol. The highest BCUT2D eigenvalue weighted by Crippen LogP contribution is 2.22. The predicted molar refractivity (Wildman–Crippen MR) is 99.1 cm³/mol. The molecule has 1 aromatic carbocycles. The number of piperidine rings is 1. The molecule has 1 aliphatic heterocycles. The molecule has 0 atom stereocenters. The van der Waals surface area contributed by atoms with Gasteiger partial charge in [-0.3, -0.25) is 4.79 Å². The van der Waals surface area contributed by atoms with Crippen molar-refractivity contribution in [2.45, 2.75) is 19.4 Å². The molecule has 0 unspecified atom stereocenters. The highest BCUT2D eigenvalue weighted by atomic mass is 16.6. The number of aromatic nitrogens is 3.